The van der Waals surface area contributed by atoms with E-state index in [0.717, 1.165) is 37.7 Å². The minimum absolute atomic E-state index is 0.152. The van der Waals surface area contributed by atoms with E-state index in [2.05, 4.69) is 4.90 Å². The van der Waals surface area contributed by atoms with Crippen LogP contribution >= 0.6 is 0 Å². The van der Waals surface area contributed by atoms with Crippen LogP contribution in [-0.4, -0.2) is 36.7 Å². The van der Waals surface area contributed by atoms with E-state index in [-0.39, 0.29) is 11.9 Å². The maximum atomic E-state index is 13.2. The fourth-order valence-corrected chi connectivity index (χ4v) is 3.39. The van der Waals surface area contributed by atoms with Crippen LogP contribution < -0.4 is 0 Å². The smallest absolute Gasteiger partial charge is 0.123 e. The SMILES string of the molecule is Fc1cccc(C[C@H]2CN(C3CCCC3)CCO2)c1. The van der Waals surface area contributed by atoms with Gasteiger partial charge in [0.2, 0.25) is 0 Å². The lowest BCUT2D eigenvalue weighted by molar-refractivity contribution is -0.0416. The molecule has 1 aliphatic heterocycles. The zero-order valence-electron chi connectivity index (χ0n) is 11.4. The van der Waals surface area contributed by atoms with Crippen LogP contribution in [0.1, 0.15) is 31.2 Å². The van der Waals surface area contributed by atoms with Gasteiger partial charge in [-0.2, -0.15) is 0 Å². The molecule has 0 radical (unpaired) electrons. The van der Waals surface area contributed by atoms with Crippen LogP contribution in [-0.2, 0) is 11.2 Å². The Hall–Kier alpha value is -0.930. The molecule has 2 aliphatic rings. The van der Waals surface area contributed by atoms with Gasteiger partial charge < -0.3 is 4.74 Å². The molecular weight excluding hydrogens is 241 g/mol. The minimum atomic E-state index is -0.152. The van der Waals surface area contributed by atoms with Gasteiger partial charge in [0.15, 0.2) is 0 Å². The third-order valence-corrected chi connectivity index (χ3v) is 4.36. The number of halogens is 1. The molecule has 1 heterocycles. The lowest BCUT2D eigenvalue weighted by Gasteiger charge is -2.37. The molecule has 0 amide bonds. The number of nitrogens with zero attached hydrogens (tertiary/aromatic N) is 1. The highest BCUT2D eigenvalue weighted by atomic mass is 19.1. The highest BCUT2D eigenvalue weighted by molar-refractivity contribution is 5.17. The first-order valence-electron chi connectivity index (χ1n) is 7.41. The van der Waals surface area contributed by atoms with E-state index in [4.69, 9.17) is 4.74 Å². The van der Waals surface area contributed by atoms with E-state index in [1.807, 2.05) is 6.07 Å². The molecule has 3 heteroatoms. The second-order valence-corrected chi connectivity index (χ2v) is 5.76. The monoisotopic (exact) mass is 263 g/mol. The Labute approximate surface area is 114 Å². The highest BCUT2D eigenvalue weighted by Crippen LogP contribution is 2.25. The van der Waals surface area contributed by atoms with Crippen molar-refractivity contribution in [3.05, 3.63) is 35.6 Å². The molecule has 1 atom stereocenters. The summed E-state index contributed by atoms with van der Waals surface area (Å²) in [5, 5.41) is 0. The Morgan fingerprint density at radius 3 is 2.89 bits per heavy atom. The van der Waals surface area contributed by atoms with Crippen molar-refractivity contribution in [2.75, 3.05) is 19.7 Å². The Bertz CT molecular complexity index is 417. The van der Waals surface area contributed by atoms with E-state index in [1.165, 1.54) is 31.7 Å². The average molecular weight is 263 g/mol. The summed E-state index contributed by atoms with van der Waals surface area (Å²) in [5.74, 6) is -0.152. The zero-order valence-corrected chi connectivity index (χ0v) is 11.4. The van der Waals surface area contributed by atoms with Gasteiger partial charge in [-0.3, -0.25) is 4.90 Å². The first kappa shape index (κ1) is 13.1. The van der Waals surface area contributed by atoms with Gasteiger partial charge in [0.25, 0.3) is 0 Å². The Balaban J connectivity index is 1.58. The van der Waals surface area contributed by atoms with Gasteiger partial charge in [-0.15, -0.1) is 0 Å². The fourth-order valence-electron chi connectivity index (χ4n) is 3.39. The first-order chi connectivity index (χ1) is 9.31. The predicted octanol–water partition coefficient (Wildman–Crippen LogP) is 3.01. The fraction of sp³-hybridized carbons (Fsp3) is 0.625. The summed E-state index contributed by atoms with van der Waals surface area (Å²) in [7, 11) is 0. The van der Waals surface area contributed by atoms with Crippen molar-refractivity contribution in [3.8, 4) is 0 Å². The van der Waals surface area contributed by atoms with Gasteiger partial charge in [-0.25, -0.2) is 4.39 Å². The van der Waals surface area contributed by atoms with Crippen LogP contribution in [0.2, 0.25) is 0 Å². The number of ether oxygens (including phenoxy) is 1. The highest BCUT2D eigenvalue weighted by Gasteiger charge is 2.28. The van der Waals surface area contributed by atoms with Crippen molar-refractivity contribution < 1.29 is 9.13 Å². The molecule has 0 bridgehead atoms. The van der Waals surface area contributed by atoms with Crippen LogP contribution in [0, 0.1) is 5.82 Å². The van der Waals surface area contributed by atoms with E-state index in [0.29, 0.717) is 0 Å². The molecular formula is C16H22FNO. The van der Waals surface area contributed by atoms with Crippen LogP contribution in [0.4, 0.5) is 4.39 Å². The van der Waals surface area contributed by atoms with Crippen LogP contribution in [0.15, 0.2) is 24.3 Å². The van der Waals surface area contributed by atoms with E-state index < -0.39 is 0 Å². The number of hydrogen-bond donors (Lipinski definition) is 0. The largest absolute Gasteiger partial charge is 0.375 e. The molecule has 1 aromatic carbocycles. The van der Waals surface area contributed by atoms with E-state index >= 15 is 0 Å². The third kappa shape index (κ3) is 3.34. The molecule has 3 rings (SSSR count). The maximum Gasteiger partial charge on any atom is 0.123 e. The summed E-state index contributed by atoms with van der Waals surface area (Å²) in [6, 6.07) is 7.65. The standard InChI is InChI=1S/C16H22FNO/c17-14-5-3-4-13(10-14)11-16-12-18(8-9-19-16)15-6-1-2-7-15/h3-5,10,15-16H,1-2,6-9,11-12H2/t16-/m0/s1. The van der Waals surface area contributed by atoms with Crippen molar-refractivity contribution in [1.82, 2.24) is 4.90 Å². The van der Waals surface area contributed by atoms with E-state index in [1.54, 1.807) is 12.1 Å². The molecule has 1 saturated carbocycles. The molecule has 2 nitrogen and oxygen atoms in total. The van der Waals surface area contributed by atoms with Crippen molar-refractivity contribution in [2.24, 2.45) is 0 Å². The van der Waals surface area contributed by atoms with Gasteiger partial charge >= 0.3 is 0 Å². The average Bonchev–Trinajstić information content (AvgIpc) is 2.93. The summed E-state index contributed by atoms with van der Waals surface area (Å²) in [6.07, 6.45) is 6.46. The molecule has 1 aliphatic carbocycles. The second-order valence-electron chi connectivity index (χ2n) is 5.76. The molecule has 1 saturated heterocycles. The summed E-state index contributed by atoms with van der Waals surface area (Å²) in [4.78, 5) is 2.58. The van der Waals surface area contributed by atoms with Crippen LogP contribution in [0.3, 0.4) is 0 Å². The first-order valence-corrected chi connectivity index (χ1v) is 7.41. The molecule has 0 N–H and O–H groups in total. The second kappa shape index (κ2) is 6.02. The minimum Gasteiger partial charge on any atom is -0.375 e. The number of rotatable bonds is 3. The van der Waals surface area contributed by atoms with Gasteiger partial charge in [0.05, 0.1) is 12.7 Å². The normalized spacial score (nSPS) is 25.8. The van der Waals surface area contributed by atoms with Crippen LogP contribution in [0.25, 0.3) is 0 Å². The topological polar surface area (TPSA) is 12.5 Å². The van der Waals surface area contributed by atoms with Gasteiger partial charge in [0, 0.05) is 19.1 Å². The van der Waals surface area contributed by atoms with Gasteiger partial charge in [-0.05, 0) is 37.0 Å². The Morgan fingerprint density at radius 1 is 1.26 bits per heavy atom. The molecule has 1 aromatic rings. The lowest BCUT2D eigenvalue weighted by atomic mass is 10.1. The quantitative estimate of drug-likeness (QED) is 0.831. The molecule has 19 heavy (non-hydrogen) atoms. The molecule has 0 unspecified atom stereocenters. The Morgan fingerprint density at radius 2 is 2.11 bits per heavy atom. The number of morpholine rings is 1. The van der Waals surface area contributed by atoms with Crippen molar-refractivity contribution in [1.29, 1.82) is 0 Å². The Kier molecular flexibility index (Phi) is 4.14. The maximum absolute atomic E-state index is 13.2. The molecule has 2 fully saturated rings. The third-order valence-electron chi connectivity index (χ3n) is 4.36. The molecule has 104 valence electrons. The van der Waals surface area contributed by atoms with Gasteiger partial charge in [0.1, 0.15) is 5.82 Å². The lowest BCUT2D eigenvalue weighted by Crippen LogP contribution is -2.47. The van der Waals surface area contributed by atoms with Crippen molar-refractivity contribution in [3.63, 3.8) is 0 Å². The number of hydrogen-bond acceptors (Lipinski definition) is 2. The summed E-state index contributed by atoms with van der Waals surface area (Å²) < 4.78 is 19.0. The molecule has 0 aromatic heterocycles. The summed E-state index contributed by atoms with van der Waals surface area (Å²) in [6.45, 7) is 2.88. The van der Waals surface area contributed by atoms with Crippen molar-refractivity contribution >= 4 is 0 Å². The summed E-state index contributed by atoms with van der Waals surface area (Å²) >= 11 is 0. The van der Waals surface area contributed by atoms with Crippen LogP contribution in [0.5, 0.6) is 0 Å². The van der Waals surface area contributed by atoms with Crippen molar-refractivity contribution in [2.45, 2.75) is 44.2 Å². The van der Waals surface area contributed by atoms with E-state index in [9.17, 15) is 4.39 Å². The molecule has 0 spiro atoms. The zero-order chi connectivity index (χ0) is 13.1. The van der Waals surface area contributed by atoms with Gasteiger partial charge in [-0.1, -0.05) is 25.0 Å². The summed E-state index contributed by atoms with van der Waals surface area (Å²) in [5.41, 5.74) is 1.04. The predicted molar refractivity (Wildman–Crippen MR) is 73.7 cm³/mol. The number of benzene rings is 1.